The molecule has 1 spiro atoms. The summed E-state index contributed by atoms with van der Waals surface area (Å²) in [5, 5.41) is 11.1. The summed E-state index contributed by atoms with van der Waals surface area (Å²) in [6, 6.07) is 0. The molecule has 0 radical (unpaired) electrons. The minimum atomic E-state index is -0.395. The van der Waals surface area contributed by atoms with Crippen molar-refractivity contribution < 1.29 is 9.84 Å². The van der Waals surface area contributed by atoms with Crippen LogP contribution in [-0.2, 0) is 4.74 Å². The highest BCUT2D eigenvalue weighted by atomic mass is 16.5. The molecule has 100 valence electrons. The van der Waals surface area contributed by atoms with Crippen LogP contribution in [0.5, 0.6) is 0 Å². The maximum atomic E-state index is 11.1. The van der Waals surface area contributed by atoms with Crippen LogP contribution in [0.2, 0.25) is 0 Å². The van der Waals surface area contributed by atoms with Crippen LogP contribution in [0.3, 0.4) is 0 Å². The maximum absolute atomic E-state index is 11.1. The van der Waals surface area contributed by atoms with Gasteiger partial charge in [0.05, 0.1) is 5.60 Å². The molecule has 2 fully saturated rings. The normalized spacial score (nSPS) is 32.5. The maximum Gasteiger partial charge on any atom is 0.0708 e. The summed E-state index contributed by atoms with van der Waals surface area (Å²) in [4.78, 5) is 0. The molecular weight excluding hydrogens is 212 g/mol. The molecule has 2 heteroatoms. The Morgan fingerprint density at radius 2 is 1.71 bits per heavy atom. The van der Waals surface area contributed by atoms with E-state index in [0.717, 1.165) is 38.9 Å². The molecule has 1 saturated carbocycles. The summed E-state index contributed by atoms with van der Waals surface area (Å²) in [6.07, 6.45) is 9.00. The summed E-state index contributed by atoms with van der Waals surface area (Å²) in [5.41, 5.74) is -0.207. The van der Waals surface area contributed by atoms with E-state index in [0.29, 0.717) is 5.92 Å². The standard InChI is InChI=1S/C15H28O2/c1-3-13(4-2)12-15(16)7-5-6-14(15)8-10-17-11-9-14/h13,16H,3-12H2,1-2H3. The fourth-order valence-corrected chi connectivity index (χ4v) is 4.07. The van der Waals surface area contributed by atoms with Gasteiger partial charge in [-0.1, -0.05) is 26.7 Å². The Morgan fingerprint density at radius 1 is 1.06 bits per heavy atom. The molecule has 1 atom stereocenters. The first-order chi connectivity index (χ1) is 8.16. The highest BCUT2D eigenvalue weighted by molar-refractivity contribution is 5.05. The van der Waals surface area contributed by atoms with Crippen LogP contribution in [0, 0.1) is 11.3 Å². The van der Waals surface area contributed by atoms with Gasteiger partial charge in [0.1, 0.15) is 0 Å². The molecule has 2 rings (SSSR count). The Labute approximate surface area is 106 Å². The topological polar surface area (TPSA) is 29.5 Å². The Morgan fingerprint density at radius 3 is 2.29 bits per heavy atom. The Kier molecular flexibility index (Phi) is 4.14. The molecule has 2 aliphatic rings. The zero-order valence-corrected chi connectivity index (χ0v) is 11.5. The van der Waals surface area contributed by atoms with Crippen molar-refractivity contribution in [1.29, 1.82) is 0 Å². The number of ether oxygens (including phenoxy) is 1. The van der Waals surface area contributed by atoms with E-state index in [1.54, 1.807) is 0 Å². The van der Waals surface area contributed by atoms with Crippen LogP contribution in [0.4, 0.5) is 0 Å². The molecule has 0 aromatic rings. The van der Waals surface area contributed by atoms with Crippen molar-refractivity contribution in [2.45, 2.75) is 70.8 Å². The molecule has 1 aliphatic heterocycles. The lowest BCUT2D eigenvalue weighted by atomic mass is 9.65. The van der Waals surface area contributed by atoms with Crippen molar-refractivity contribution in [3.05, 3.63) is 0 Å². The van der Waals surface area contributed by atoms with Crippen molar-refractivity contribution in [1.82, 2.24) is 0 Å². The lowest BCUT2D eigenvalue weighted by molar-refractivity contribution is -0.124. The average molecular weight is 240 g/mol. The summed E-state index contributed by atoms with van der Waals surface area (Å²) >= 11 is 0. The molecule has 1 N–H and O–H groups in total. The van der Waals surface area contributed by atoms with Crippen LogP contribution in [0.15, 0.2) is 0 Å². The van der Waals surface area contributed by atoms with Crippen molar-refractivity contribution in [3.8, 4) is 0 Å². The van der Waals surface area contributed by atoms with E-state index in [1.165, 1.54) is 25.7 Å². The third kappa shape index (κ3) is 2.39. The molecule has 0 aromatic heterocycles. The van der Waals surface area contributed by atoms with Gasteiger partial charge >= 0.3 is 0 Å². The molecular formula is C15H28O2. The molecule has 1 heterocycles. The fourth-order valence-electron chi connectivity index (χ4n) is 4.07. The number of hydrogen-bond acceptors (Lipinski definition) is 2. The lowest BCUT2D eigenvalue weighted by Gasteiger charge is -2.46. The summed E-state index contributed by atoms with van der Waals surface area (Å²) in [7, 11) is 0. The zero-order valence-electron chi connectivity index (χ0n) is 11.5. The van der Waals surface area contributed by atoms with Crippen LogP contribution in [0.1, 0.15) is 65.2 Å². The summed E-state index contributed by atoms with van der Waals surface area (Å²) in [6.45, 7) is 6.21. The SMILES string of the molecule is CCC(CC)CC1(O)CCCC12CCOCC2. The van der Waals surface area contributed by atoms with Crippen LogP contribution >= 0.6 is 0 Å². The Bertz CT molecular complexity index is 241. The largest absolute Gasteiger partial charge is 0.389 e. The van der Waals surface area contributed by atoms with Gasteiger partial charge in [0.15, 0.2) is 0 Å². The van der Waals surface area contributed by atoms with E-state index in [9.17, 15) is 5.11 Å². The van der Waals surface area contributed by atoms with Gasteiger partial charge in [-0.25, -0.2) is 0 Å². The van der Waals surface area contributed by atoms with Crippen LogP contribution < -0.4 is 0 Å². The highest BCUT2D eigenvalue weighted by Crippen LogP contribution is 2.55. The van der Waals surface area contributed by atoms with Crippen molar-refractivity contribution in [2.75, 3.05) is 13.2 Å². The first-order valence-electron chi connectivity index (χ1n) is 7.46. The molecule has 0 bridgehead atoms. The second-order valence-corrected chi connectivity index (χ2v) is 6.16. The van der Waals surface area contributed by atoms with Crippen molar-refractivity contribution in [3.63, 3.8) is 0 Å². The number of rotatable bonds is 4. The second-order valence-electron chi connectivity index (χ2n) is 6.16. The van der Waals surface area contributed by atoms with E-state index in [2.05, 4.69) is 13.8 Å². The molecule has 0 aromatic carbocycles. The highest BCUT2D eigenvalue weighted by Gasteiger charge is 2.54. The lowest BCUT2D eigenvalue weighted by Crippen LogP contribution is -2.48. The third-order valence-corrected chi connectivity index (χ3v) is 5.46. The summed E-state index contributed by atoms with van der Waals surface area (Å²) in [5.74, 6) is 0.692. The van der Waals surface area contributed by atoms with Gasteiger partial charge in [-0.05, 0) is 44.4 Å². The Balaban J connectivity index is 2.10. The first kappa shape index (κ1) is 13.4. The molecule has 2 nitrogen and oxygen atoms in total. The fraction of sp³-hybridized carbons (Fsp3) is 1.00. The molecule has 0 amide bonds. The monoisotopic (exact) mass is 240 g/mol. The Hall–Kier alpha value is -0.0800. The van der Waals surface area contributed by atoms with Gasteiger partial charge in [-0.3, -0.25) is 0 Å². The van der Waals surface area contributed by atoms with E-state index in [-0.39, 0.29) is 5.41 Å². The zero-order chi connectivity index (χ0) is 12.4. The number of hydrogen-bond donors (Lipinski definition) is 1. The smallest absolute Gasteiger partial charge is 0.0708 e. The van der Waals surface area contributed by atoms with E-state index in [1.807, 2.05) is 0 Å². The number of aliphatic hydroxyl groups is 1. The van der Waals surface area contributed by atoms with Gasteiger partial charge in [0, 0.05) is 18.6 Å². The minimum absolute atomic E-state index is 0.188. The van der Waals surface area contributed by atoms with Gasteiger partial charge in [-0.2, -0.15) is 0 Å². The molecule has 17 heavy (non-hydrogen) atoms. The molecule has 1 aliphatic carbocycles. The average Bonchev–Trinajstić information content (AvgIpc) is 2.65. The van der Waals surface area contributed by atoms with Crippen LogP contribution in [-0.4, -0.2) is 23.9 Å². The predicted octanol–water partition coefficient (Wildman–Crippen LogP) is 3.52. The van der Waals surface area contributed by atoms with Crippen molar-refractivity contribution in [2.24, 2.45) is 11.3 Å². The third-order valence-electron chi connectivity index (χ3n) is 5.46. The molecule has 1 unspecified atom stereocenters. The second kappa shape index (κ2) is 5.27. The van der Waals surface area contributed by atoms with Gasteiger partial charge in [-0.15, -0.1) is 0 Å². The first-order valence-corrected chi connectivity index (χ1v) is 7.46. The molecule has 1 saturated heterocycles. The van der Waals surface area contributed by atoms with E-state index >= 15 is 0 Å². The van der Waals surface area contributed by atoms with Crippen LogP contribution in [0.25, 0.3) is 0 Å². The summed E-state index contributed by atoms with van der Waals surface area (Å²) < 4.78 is 5.50. The van der Waals surface area contributed by atoms with E-state index < -0.39 is 5.60 Å². The van der Waals surface area contributed by atoms with Crippen molar-refractivity contribution >= 4 is 0 Å². The quantitative estimate of drug-likeness (QED) is 0.814. The van der Waals surface area contributed by atoms with Gasteiger partial charge in [0.2, 0.25) is 0 Å². The van der Waals surface area contributed by atoms with Gasteiger partial charge in [0.25, 0.3) is 0 Å². The van der Waals surface area contributed by atoms with E-state index in [4.69, 9.17) is 4.74 Å². The van der Waals surface area contributed by atoms with Gasteiger partial charge < -0.3 is 9.84 Å². The minimum Gasteiger partial charge on any atom is -0.389 e. The predicted molar refractivity (Wildman–Crippen MR) is 70.0 cm³/mol.